The lowest BCUT2D eigenvalue weighted by Crippen LogP contribution is -2.48. The summed E-state index contributed by atoms with van der Waals surface area (Å²) in [7, 11) is -4.06. The number of ether oxygens (including phenoxy) is 1. The van der Waals surface area contributed by atoms with E-state index < -0.39 is 28.1 Å². The maximum absolute atomic E-state index is 12.2. The molecule has 0 radical (unpaired) electrons. The fraction of sp³-hybridized carbons (Fsp3) is 0.500. The van der Waals surface area contributed by atoms with E-state index in [9.17, 15) is 18.0 Å². The third-order valence-corrected chi connectivity index (χ3v) is 5.40. The van der Waals surface area contributed by atoms with E-state index in [1.165, 1.54) is 6.07 Å². The molecule has 2 rings (SSSR count). The molecule has 9 heteroatoms. The van der Waals surface area contributed by atoms with E-state index in [1.54, 1.807) is 18.4 Å². The van der Waals surface area contributed by atoms with Crippen molar-refractivity contribution in [3.8, 4) is 0 Å². The van der Waals surface area contributed by atoms with Crippen LogP contribution in [0.25, 0.3) is 0 Å². The molecular formula is C12H16N2O5S2. The summed E-state index contributed by atoms with van der Waals surface area (Å²) in [5.41, 5.74) is 0. The predicted octanol–water partition coefficient (Wildman–Crippen LogP) is 0.750. The molecule has 116 valence electrons. The molecular weight excluding hydrogens is 316 g/mol. The van der Waals surface area contributed by atoms with Gasteiger partial charge in [0.1, 0.15) is 6.04 Å². The summed E-state index contributed by atoms with van der Waals surface area (Å²) in [5, 5.41) is 1.68. The molecule has 1 atom stereocenters. The molecule has 1 aliphatic rings. The van der Waals surface area contributed by atoms with Gasteiger partial charge in [0.25, 0.3) is 5.91 Å². The lowest BCUT2D eigenvalue weighted by molar-refractivity contribution is -0.146. The average molecular weight is 332 g/mol. The van der Waals surface area contributed by atoms with Crippen molar-refractivity contribution in [3.05, 3.63) is 22.4 Å². The summed E-state index contributed by atoms with van der Waals surface area (Å²) in [6, 6.07) is 2.32. The van der Waals surface area contributed by atoms with Crippen molar-refractivity contribution in [2.45, 2.75) is 25.8 Å². The zero-order chi connectivity index (χ0) is 15.5. The van der Waals surface area contributed by atoms with Gasteiger partial charge < -0.3 is 4.74 Å². The Labute approximate surface area is 127 Å². The molecule has 1 aromatic heterocycles. The molecule has 1 amide bonds. The van der Waals surface area contributed by atoms with Crippen LogP contribution in [0.2, 0.25) is 0 Å². The predicted molar refractivity (Wildman–Crippen MR) is 77.1 cm³/mol. The molecule has 1 aliphatic heterocycles. The molecule has 0 spiro atoms. The first-order chi connectivity index (χ1) is 9.95. The van der Waals surface area contributed by atoms with E-state index in [4.69, 9.17) is 4.74 Å². The van der Waals surface area contributed by atoms with Crippen LogP contribution in [0.15, 0.2) is 17.5 Å². The number of hydrogen-bond donors (Lipinski definition) is 1. The minimum absolute atomic E-state index is 0.185. The summed E-state index contributed by atoms with van der Waals surface area (Å²) in [6.07, 6.45) is 0.949. The van der Waals surface area contributed by atoms with Gasteiger partial charge in [0.15, 0.2) is 0 Å². The second kappa shape index (κ2) is 6.54. The van der Waals surface area contributed by atoms with Crippen LogP contribution in [0.5, 0.6) is 0 Å². The van der Waals surface area contributed by atoms with Crippen molar-refractivity contribution in [1.82, 2.24) is 9.03 Å². The molecule has 1 fully saturated rings. The Hall–Kier alpha value is -1.45. The minimum atomic E-state index is -4.06. The molecule has 1 saturated heterocycles. The molecule has 0 unspecified atom stereocenters. The van der Waals surface area contributed by atoms with Crippen LogP contribution < -0.4 is 4.72 Å². The topological polar surface area (TPSA) is 92.8 Å². The third-order valence-electron chi connectivity index (χ3n) is 3.04. The lowest BCUT2D eigenvalue weighted by atomic mass is 10.2. The van der Waals surface area contributed by atoms with Crippen molar-refractivity contribution in [2.24, 2.45) is 0 Å². The van der Waals surface area contributed by atoms with Gasteiger partial charge in [0.2, 0.25) is 0 Å². The SMILES string of the molecule is CCOC(=O)[C@H]1CCCN1S(=O)(=O)NC(=O)c1cccs1. The van der Waals surface area contributed by atoms with E-state index in [0.29, 0.717) is 17.7 Å². The van der Waals surface area contributed by atoms with Crippen molar-refractivity contribution in [3.63, 3.8) is 0 Å². The Balaban J connectivity index is 2.11. The number of nitrogens with zero attached hydrogens (tertiary/aromatic N) is 1. The average Bonchev–Trinajstić information content (AvgIpc) is 3.10. The number of amides is 1. The van der Waals surface area contributed by atoms with Crippen LogP contribution in [-0.2, 0) is 19.7 Å². The van der Waals surface area contributed by atoms with Gasteiger partial charge in [-0.25, -0.2) is 4.72 Å². The summed E-state index contributed by atoms with van der Waals surface area (Å²) >= 11 is 1.14. The Morgan fingerprint density at radius 2 is 2.29 bits per heavy atom. The number of rotatable bonds is 5. The molecule has 1 N–H and O–H groups in total. The van der Waals surface area contributed by atoms with Gasteiger partial charge in [-0.1, -0.05) is 6.07 Å². The molecule has 7 nitrogen and oxygen atoms in total. The minimum Gasteiger partial charge on any atom is -0.465 e. The molecule has 0 aromatic carbocycles. The first-order valence-corrected chi connectivity index (χ1v) is 8.81. The number of carbonyl (C=O) groups is 2. The maximum atomic E-state index is 12.2. The van der Waals surface area contributed by atoms with Gasteiger partial charge in [0, 0.05) is 6.54 Å². The highest BCUT2D eigenvalue weighted by molar-refractivity contribution is 7.87. The highest BCUT2D eigenvalue weighted by Crippen LogP contribution is 2.22. The van der Waals surface area contributed by atoms with Gasteiger partial charge >= 0.3 is 16.2 Å². The van der Waals surface area contributed by atoms with Gasteiger partial charge in [-0.2, -0.15) is 12.7 Å². The summed E-state index contributed by atoms with van der Waals surface area (Å²) in [6.45, 7) is 2.03. The van der Waals surface area contributed by atoms with Gasteiger partial charge in [0.05, 0.1) is 11.5 Å². The third kappa shape index (κ3) is 3.60. The largest absolute Gasteiger partial charge is 0.465 e. The highest BCUT2D eigenvalue weighted by atomic mass is 32.2. The van der Waals surface area contributed by atoms with E-state index >= 15 is 0 Å². The standard InChI is InChI=1S/C12H16N2O5S2/c1-2-19-12(16)9-5-3-7-14(9)21(17,18)13-11(15)10-6-4-8-20-10/h4,6,8-9H,2-3,5,7H2,1H3,(H,13,15)/t9-/m1/s1. The highest BCUT2D eigenvalue weighted by Gasteiger charge is 2.40. The number of carbonyl (C=O) groups excluding carboxylic acids is 2. The zero-order valence-corrected chi connectivity index (χ0v) is 13.1. The first kappa shape index (κ1) is 15.9. The van der Waals surface area contributed by atoms with E-state index in [0.717, 1.165) is 15.6 Å². The summed E-state index contributed by atoms with van der Waals surface area (Å²) < 4.78 is 32.4. The Bertz CT molecular complexity index is 612. The molecule has 1 aromatic rings. The molecule has 0 saturated carbocycles. The van der Waals surface area contributed by atoms with Crippen LogP contribution in [0.1, 0.15) is 29.4 Å². The van der Waals surface area contributed by atoms with E-state index in [1.807, 2.05) is 4.72 Å². The zero-order valence-electron chi connectivity index (χ0n) is 11.4. The first-order valence-electron chi connectivity index (χ1n) is 6.49. The number of esters is 1. The van der Waals surface area contributed by atoms with Crippen molar-refractivity contribution < 1.29 is 22.7 Å². The van der Waals surface area contributed by atoms with Crippen LogP contribution in [0.3, 0.4) is 0 Å². The van der Waals surface area contributed by atoms with Crippen molar-refractivity contribution in [1.29, 1.82) is 0 Å². The normalized spacial score (nSPS) is 19.4. The fourth-order valence-electron chi connectivity index (χ4n) is 2.14. The van der Waals surface area contributed by atoms with Crippen LogP contribution >= 0.6 is 11.3 Å². The number of hydrogen-bond acceptors (Lipinski definition) is 6. The van der Waals surface area contributed by atoms with Gasteiger partial charge in [-0.15, -0.1) is 11.3 Å². The van der Waals surface area contributed by atoms with Crippen LogP contribution in [0, 0.1) is 0 Å². The van der Waals surface area contributed by atoms with Crippen molar-refractivity contribution in [2.75, 3.05) is 13.2 Å². The lowest BCUT2D eigenvalue weighted by Gasteiger charge is -2.22. The quantitative estimate of drug-likeness (QED) is 0.803. The smallest absolute Gasteiger partial charge is 0.324 e. The van der Waals surface area contributed by atoms with Crippen LogP contribution in [0.4, 0.5) is 0 Å². The Morgan fingerprint density at radius 1 is 1.52 bits per heavy atom. The molecule has 2 heterocycles. The van der Waals surface area contributed by atoms with E-state index in [-0.39, 0.29) is 13.2 Å². The maximum Gasteiger partial charge on any atom is 0.324 e. The molecule has 21 heavy (non-hydrogen) atoms. The number of thiophene rings is 1. The second-order valence-corrected chi connectivity index (χ2v) is 7.01. The van der Waals surface area contributed by atoms with Gasteiger partial charge in [-0.05, 0) is 31.2 Å². The molecule has 0 bridgehead atoms. The monoisotopic (exact) mass is 332 g/mol. The Morgan fingerprint density at radius 3 is 2.90 bits per heavy atom. The van der Waals surface area contributed by atoms with Gasteiger partial charge in [-0.3, -0.25) is 9.59 Å². The fourth-order valence-corrected chi connectivity index (χ4v) is 4.18. The summed E-state index contributed by atoms with van der Waals surface area (Å²) in [5.74, 6) is -1.27. The molecule has 0 aliphatic carbocycles. The Kier molecular flexibility index (Phi) is 4.96. The van der Waals surface area contributed by atoms with E-state index in [2.05, 4.69) is 0 Å². The van der Waals surface area contributed by atoms with Crippen molar-refractivity contribution >= 4 is 33.4 Å². The summed E-state index contributed by atoms with van der Waals surface area (Å²) in [4.78, 5) is 23.9. The number of nitrogens with one attached hydrogen (secondary N) is 1. The van der Waals surface area contributed by atoms with Crippen LogP contribution in [-0.4, -0.2) is 43.8 Å². The second-order valence-electron chi connectivity index (χ2n) is 4.43.